The predicted octanol–water partition coefficient (Wildman–Crippen LogP) is 0.930. The monoisotopic (exact) mass is 396 g/mol. The normalized spacial score (nSPS) is 27.3. The van der Waals surface area contributed by atoms with E-state index in [4.69, 9.17) is 4.74 Å². The van der Waals surface area contributed by atoms with E-state index in [0.717, 1.165) is 6.42 Å². The molecule has 2 saturated heterocycles. The molecule has 0 aliphatic carbocycles. The van der Waals surface area contributed by atoms with Gasteiger partial charge in [0.15, 0.2) is 6.10 Å². The molecular weight excluding hydrogens is 372 g/mol. The number of ether oxygens (including phenoxy) is 1. The number of hydrogen-bond donors (Lipinski definition) is 1. The summed E-state index contributed by atoms with van der Waals surface area (Å²) in [6.45, 7) is 2.15. The van der Waals surface area contributed by atoms with E-state index in [-0.39, 0.29) is 30.4 Å². The summed E-state index contributed by atoms with van der Waals surface area (Å²) in [5, 5.41) is 9.23. The van der Waals surface area contributed by atoms with Gasteiger partial charge in [-0.15, -0.1) is 0 Å². The van der Waals surface area contributed by atoms with E-state index in [2.05, 4.69) is 0 Å². The van der Waals surface area contributed by atoms with Gasteiger partial charge in [-0.1, -0.05) is 24.6 Å². The molecule has 2 aliphatic rings. The summed E-state index contributed by atoms with van der Waals surface area (Å²) >= 11 is 0. The first kappa shape index (κ1) is 19.8. The van der Waals surface area contributed by atoms with Crippen molar-refractivity contribution in [2.45, 2.75) is 49.3 Å². The standard InChI is InChI=1S/C18H24N2O6S/c1-13-11-19(12-16(26-13)18(22)23)17(21)15-9-5-6-10-20(15)27(24,25)14-7-3-2-4-8-14/h2-4,7-8,13,15-16H,5-6,9-12H2,1H3,(H,22,23)/t13-,15?,16?/m1/s1. The molecule has 0 radical (unpaired) electrons. The second-order valence-electron chi connectivity index (χ2n) is 6.96. The highest BCUT2D eigenvalue weighted by atomic mass is 32.2. The van der Waals surface area contributed by atoms with Crippen LogP contribution in [0.25, 0.3) is 0 Å². The van der Waals surface area contributed by atoms with Crippen LogP contribution < -0.4 is 0 Å². The Labute approximate surface area is 158 Å². The number of amides is 1. The lowest BCUT2D eigenvalue weighted by Crippen LogP contribution is -2.58. The highest BCUT2D eigenvalue weighted by Gasteiger charge is 2.42. The number of carbonyl (C=O) groups is 2. The van der Waals surface area contributed by atoms with Crippen LogP contribution in [0.15, 0.2) is 35.2 Å². The molecule has 3 atom stereocenters. The number of aliphatic carboxylic acids is 1. The zero-order valence-electron chi connectivity index (χ0n) is 15.2. The summed E-state index contributed by atoms with van der Waals surface area (Å²) < 4.78 is 32.7. The highest BCUT2D eigenvalue weighted by Crippen LogP contribution is 2.27. The third-order valence-corrected chi connectivity index (χ3v) is 6.86. The van der Waals surface area contributed by atoms with Crippen molar-refractivity contribution in [1.82, 2.24) is 9.21 Å². The van der Waals surface area contributed by atoms with Gasteiger partial charge in [0.2, 0.25) is 15.9 Å². The molecule has 0 bridgehead atoms. The Bertz CT molecular complexity index is 797. The van der Waals surface area contributed by atoms with Crippen molar-refractivity contribution in [3.05, 3.63) is 30.3 Å². The molecule has 2 fully saturated rings. The van der Waals surface area contributed by atoms with E-state index < -0.39 is 34.2 Å². The number of carboxylic acid groups (broad SMARTS) is 1. The van der Waals surface area contributed by atoms with E-state index in [1.54, 1.807) is 25.1 Å². The topological polar surface area (TPSA) is 104 Å². The maximum absolute atomic E-state index is 13.1. The van der Waals surface area contributed by atoms with Gasteiger partial charge in [-0.3, -0.25) is 4.79 Å². The molecule has 8 nitrogen and oxygen atoms in total. The third kappa shape index (κ3) is 4.15. The quantitative estimate of drug-likeness (QED) is 0.812. The largest absolute Gasteiger partial charge is 0.479 e. The summed E-state index contributed by atoms with van der Waals surface area (Å²) in [4.78, 5) is 26.0. The van der Waals surface area contributed by atoms with Crippen molar-refractivity contribution in [1.29, 1.82) is 0 Å². The SMILES string of the molecule is C[C@@H]1CN(C(=O)C2CCCCN2S(=O)(=O)c2ccccc2)CC(C(=O)O)O1. The summed E-state index contributed by atoms with van der Waals surface area (Å²) in [5.41, 5.74) is 0. The first-order valence-electron chi connectivity index (χ1n) is 9.04. The first-order chi connectivity index (χ1) is 12.8. The maximum atomic E-state index is 13.1. The zero-order valence-corrected chi connectivity index (χ0v) is 16.0. The minimum Gasteiger partial charge on any atom is -0.479 e. The number of hydrogen-bond acceptors (Lipinski definition) is 5. The molecule has 1 amide bonds. The minimum atomic E-state index is -3.80. The number of morpholine rings is 1. The van der Waals surface area contributed by atoms with Crippen molar-refractivity contribution >= 4 is 21.9 Å². The Balaban J connectivity index is 1.85. The second-order valence-corrected chi connectivity index (χ2v) is 8.85. The summed E-state index contributed by atoms with van der Waals surface area (Å²) in [7, 11) is -3.80. The predicted molar refractivity (Wildman–Crippen MR) is 96.5 cm³/mol. The van der Waals surface area contributed by atoms with Crippen molar-refractivity contribution in [2.24, 2.45) is 0 Å². The molecule has 0 spiro atoms. The van der Waals surface area contributed by atoms with Crippen LogP contribution in [0.5, 0.6) is 0 Å². The van der Waals surface area contributed by atoms with Gasteiger partial charge in [0.1, 0.15) is 6.04 Å². The van der Waals surface area contributed by atoms with Gasteiger partial charge in [0.05, 0.1) is 17.5 Å². The Morgan fingerprint density at radius 1 is 1.15 bits per heavy atom. The number of piperidine rings is 1. The van der Waals surface area contributed by atoms with Gasteiger partial charge in [-0.2, -0.15) is 4.31 Å². The number of rotatable bonds is 4. The molecule has 0 aromatic heterocycles. The Kier molecular flexibility index (Phi) is 5.83. The number of carboxylic acids is 1. The van der Waals surface area contributed by atoms with Gasteiger partial charge in [-0.25, -0.2) is 13.2 Å². The fraction of sp³-hybridized carbons (Fsp3) is 0.556. The number of benzene rings is 1. The molecular formula is C18H24N2O6S. The molecule has 2 aliphatic heterocycles. The number of sulfonamides is 1. The van der Waals surface area contributed by atoms with E-state index in [1.807, 2.05) is 0 Å². The lowest BCUT2D eigenvalue weighted by molar-refractivity contribution is -0.168. The Morgan fingerprint density at radius 3 is 2.52 bits per heavy atom. The summed E-state index contributed by atoms with van der Waals surface area (Å²) in [6.07, 6.45) is 0.341. The van der Waals surface area contributed by atoms with E-state index >= 15 is 0 Å². The molecule has 2 heterocycles. The Morgan fingerprint density at radius 2 is 1.85 bits per heavy atom. The lowest BCUT2D eigenvalue weighted by atomic mass is 10.0. The van der Waals surface area contributed by atoms with Gasteiger partial charge >= 0.3 is 5.97 Å². The average Bonchev–Trinajstić information content (AvgIpc) is 2.67. The van der Waals surface area contributed by atoms with Crippen LogP contribution in [-0.4, -0.2) is 72.5 Å². The molecule has 0 saturated carbocycles. The molecule has 9 heteroatoms. The minimum absolute atomic E-state index is 0.0752. The van der Waals surface area contributed by atoms with Crippen LogP contribution in [0, 0.1) is 0 Å². The van der Waals surface area contributed by atoms with Gasteiger partial charge in [0.25, 0.3) is 0 Å². The van der Waals surface area contributed by atoms with Gasteiger partial charge in [-0.05, 0) is 31.9 Å². The van der Waals surface area contributed by atoms with Crippen LogP contribution in [0.1, 0.15) is 26.2 Å². The average molecular weight is 396 g/mol. The maximum Gasteiger partial charge on any atom is 0.334 e. The van der Waals surface area contributed by atoms with Crippen LogP contribution >= 0.6 is 0 Å². The van der Waals surface area contributed by atoms with E-state index in [0.29, 0.717) is 12.8 Å². The van der Waals surface area contributed by atoms with E-state index in [9.17, 15) is 23.1 Å². The van der Waals surface area contributed by atoms with Crippen LogP contribution in [0.3, 0.4) is 0 Å². The smallest absolute Gasteiger partial charge is 0.334 e. The van der Waals surface area contributed by atoms with Crippen LogP contribution in [0.2, 0.25) is 0 Å². The molecule has 1 aromatic rings. The lowest BCUT2D eigenvalue weighted by Gasteiger charge is -2.40. The third-order valence-electron chi connectivity index (χ3n) is 4.94. The van der Waals surface area contributed by atoms with Crippen molar-refractivity contribution in [2.75, 3.05) is 19.6 Å². The molecule has 1 aromatic carbocycles. The fourth-order valence-electron chi connectivity index (χ4n) is 3.65. The van der Waals surface area contributed by atoms with Crippen molar-refractivity contribution in [3.8, 4) is 0 Å². The zero-order chi connectivity index (χ0) is 19.6. The first-order valence-corrected chi connectivity index (χ1v) is 10.5. The molecule has 3 rings (SSSR count). The van der Waals surface area contributed by atoms with Gasteiger partial charge in [0, 0.05) is 13.1 Å². The molecule has 27 heavy (non-hydrogen) atoms. The number of nitrogens with zero attached hydrogens (tertiary/aromatic N) is 2. The van der Waals surface area contributed by atoms with Crippen molar-refractivity contribution in [3.63, 3.8) is 0 Å². The molecule has 2 unspecified atom stereocenters. The summed E-state index contributed by atoms with van der Waals surface area (Å²) in [6, 6.07) is 7.25. The van der Waals surface area contributed by atoms with Gasteiger partial charge < -0.3 is 14.7 Å². The molecule has 1 N–H and O–H groups in total. The number of carbonyl (C=O) groups excluding carboxylic acids is 1. The van der Waals surface area contributed by atoms with Crippen molar-refractivity contribution < 1.29 is 27.9 Å². The highest BCUT2D eigenvalue weighted by molar-refractivity contribution is 7.89. The fourth-order valence-corrected chi connectivity index (χ4v) is 5.32. The Hall–Kier alpha value is -1.97. The van der Waals surface area contributed by atoms with Crippen LogP contribution in [-0.2, 0) is 24.3 Å². The van der Waals surface area contributed by atoms with E-state index in [1.165, 1.54) is 21.3 Å². The second kappa shape index (κ2) is 7.95. The molecule has 148 valence electrons. The van der Waals surface area contributed by atoms with Crippen LogP contribution in [0.4, 0.5) is 0 Å². The summed E-state index contributed by atoms with van der Waals surface area (Å²) in [5.74, 6) is -1.48.